The molecular formula is C16H25N3O3. The van der Waals surface area contributed by atoms with Gasteiger partial charge in [0.05, 0.1) is 6.26 Å². The molecule has 2 N–H and O–H groups in total. The van der Waals surface area contributed by atoms with Crippen LogP contribution in [0.5, 0.6) is 0 Å². The molecule has 0 radical (unpaired) electrons. The summed E-state index contributed by atoms with van der Waals surface area (Å²) in [6.07, 6.45) is 3.02. The Hall–Kier alpha value is -1.98. The fourth-order valence-electron chi connectivity index (χ4n) is 2.36. The zero-order valence-electron chi connectivity index (χ0n) is 13.5. The molecule has 1 aliphatic heterocycles. The molecule has 0 aliphatic carbocycles. The number of furan rings is 1. The van der Waals surface area contributed by atoms with E-state index in [9.17, 15) is 9.59 Å². The van der Waals surface area contributed by atoms with Gasteiger partial charge in [0.2, 0.25) is 0 Å². The Morgan fingerprint density at radius 3 is 2.55 bits per heavy atom. The third kappa shape index (κ3) is 4.79. The van der Waals surface area contributed by atoms with Crippen molar-refractivity contribution < 1.29 is 14.0 Å². The van der Waals surface area contributed by atoms with Gasteiger partial charge in [-0.3, -0.25) is 4.79 Å². The lowest BCUT2D eigenvalue weighted by molar-refractivity contribution is 0.0676. The van der Waals surface area contributed by atoms with Gasteiger partial charge in [-0.2, -0.15) is 0 Å². The molecule has 1 aromatic heterocycles. The van der Waals surface area contributed by atoms with Crippen LogP contribution in [-0.2, 0) is 0 Å². The molecule has 0 aromatic carbocycles. The van der Waals surface area contributed by atoms with Crippen molar-refractivity contribution in [1.29, 1.82) is 0 Å². The van der Waals surface area contributed by atoms with E-state index in [0.29, 0.717) is 25.4 Å². The van der Waals surface area contributed by atoms with Crippen LogP contribution < -0.4 is 10.6 Å². The third-order valence-electron chi connectivity index (χ3n) is 3.63. The molecule has 6 heteroatoms. The van der Waals surface area contributed by atoms with Crippen LogP contribution in [0.1, 0.15) is 44.2 Å². The summed E-state index contributed by atoms with van der Waals surface area (Å²) in [4.78, 5) is 25.7. The zero-order chi connectivity index (χ0) is 16.2. The van der Waals surface area contributed by atoms with E-state index in [2.05, 4.69) is 31.4 Å². The molecule has 1 saturated heterocycles. The predicted octanol–water partition coefficient (Wildman–Crippen LogP) is 2.23. The van der Waals surface area contributed by atoms with Crippen molar-refractivity contribution in [3.8, 4) is 0 Å². The summed E-state index contributed by atoms with van der Waals surface area (Å²) >= 11 is 0. The van der Waals surface area contributed by atoms with E-state index < -0.39 is 0 Å². The highest BCUT2D eigenvalue weighted by Gasteiger charge is 2.25. The Bertz CT molecular complexity index is 497. The molecule has 2 heterocycles. The number of piperidine rings is 1. The number of carbonyl (C=O) groups is 2. The first kappa shape index (κ1) is 16.4. The van der Waals surface area contributed by atoms with E-state index in [1.165, 1.54) is 6.26 Å². The van der Waals surface area contributed by atoms with E-state index >= 15 is 0 Å². The van der Waals surface area contributed by atoms with Gasteiger partial charge in [0.1, 0.15) is 0 Å². The Kier molecular flexibility index (Phi) is 5.11. The average molecular weight is 307 g/mol. The molecule has 3 amide bonds. The minimum absolute atomic E-state index is 0.0656. The summed E-state index contributed by atoms with van der Waals surface area (Å²) in [5.74, 6) is 0.287. The summed E-state index contributed by atoms with van der Waals surface area (Å²) in [6, 6.07) is 3.36. The maximum absolute atomic E-state index is 12.1. The third-order valence-corrected chi connectivity index (χ3v) is 3.63. The standard InChI is InChI=1S/C16H25N3O3/c1-16(2,3)11-17-15(21)18-12-6-8-19(9-7-12)14(20)13-5-4-10-22-13/h4-5,10,12H,6-9,11H2,1-3H3,(H2,17,18,21). The van der Waals surface area contributed by atoms with Crippen molar-refractivity contribution in [3.63, 3.8) is 0 Å². The van der Waals surface area contributed by atoms with E-state index in [-0.39, 0.29) is 23.4 Å². The minimum atomic E-state index is -0.134. The van der Waals surface area contributed by atoms with Gasteiger partial charge in [0.25, 0.3) is 5.91 Å². The molecule has 0 atom stereocenters. The molecule has 1 fully saturated rings. The molecule has 122 valence electrons. The Balaban J connectivity index is 1.73. The molecule has 0 saturated carbocycles. The van der Waals surface area contributed by atoms with Crippen LogP contribution in [0.3, 0.4) is 0 Å². The number of amides is 3. The smallest absolute Gasteiger partial charge is 0.315 e. The first-order valence-corrected chi connectivity index (χ1v) is 7.72. The van der Waals surface area contributed by atoms with Crippen molar-refractivity contribution in [2.24, 2.45) is 5.41 Å². The lowest BCUT2D eigenvalue weighted by atomic mass is 9.97. The van der Waals surface area contributed by atoms with Gasteiger partial charge in [0, 0.05) is 25.7 Å². The molecule has 2 rings (SSSR count). The van der Waals surface area contributed by atoms with Gasteiger partial charge in [-0.1, -0.05) is 20.8 Å². The quantitative estimate of drug-likeness (QED) is 0.899. The number of nitrogens with zero attached hydrogens (tertiary/aromatic N) is 1. The van der Waals surface area contributed by atoms with E-state index in [0.717, 1.165) is 12.8 Å². The average Bonchev–Trinajstić information content (AvgIpc) is 2.99. The fraction of sp³-hybridized carbons (Fsp3) is 0.625. The number of likely N-dealkylation sites (tertiary alicyclic amines) is 1. The highest BCUT2D eigenvalue weighted by molar-refractivity contribution is 5.91. The van der Waals surface area contributed by atoms with Gasteiger partial charge < -0.3 is 20.0 Å². The molecular weight excluding hydrogens is 282 g/mol. The van der Waals surface area contributed by atoms with Crippen LogP contribution in [-0.4, -0.2) is 42.5 Å². The highest BCUT2D eigenvalue weighted by atomic mass is 16.3. The number of rotatable bonds is 3. The van der Waals surface area contributed by atoms with Crippen molar-refractivity contribution >= 4 is 11.9 Å². The predicted molar refractivity (Wildman–Crippen MR) is 83.6 cm³/mol. The van der Waals surface area contributed by atoms with Crippen LogP contribution in [0.25, 0.3) is 0 Å². The van der Waals surface area contributed by atoms with Crippen molar-refractivity contribution in [2.45, 2.75) is 39.7 Å². The lowest BCUT2D eigenvalue weighted by Crippen LogP contribution is -2.50. The second-order valence-electron chi connectivity index (χ2n) is 6.93. The first-order chi connectivity index (χ1) is 10.3. The highest BCUT2D eigenvalue weighted by Crippen LogP contribution is 2.14. The Morgan fingerprint density at radius 1 is 1.32 bits per heavy atom. The molecule has 0 spiro atoms. The van der Waals surface area contributed by atoms with Crippen molar-refractivity contribution in [1.82, 2.24) is 15.5 Å². The number of carbonyl (C=O) groups excluding carboxylic acids is 2. The molecule has 0 bridgehead atoms. The van der Waals surface area contributed by atoms with Crippen molar-refractivity contribution in [2.75, 3.05) is 19.6 Å². The summed E-state index contributed by atoms with van der Waals surface area (Å²) < 4.78 is 5.13. The van der Waals surface area contributed by atoms with E-state index in [4.69, 9.17) is 4.42 Å². The summed E-state index contributed by atoms with van der Waals surface area (Å²) in [5.41, 5.74) is 0.0656. The lowest BCUT2D eigenvalue weighted by Gasteiger charge is -2.32. The topological polar surface area (TPSA) is 74.6 Å². The van der Waals surface area contributed by atoms with Gasteiger partial charge in [-0.15, -0.1) is 0 Å². The summed E-state index contributed by atoms with van der Waals surface area (Å²) in [5, 5.41) is 5.85. The molecule has 22 heavy (non-hydrogen) atoms. The Morgan fingerprint density at radius 2 is 2.00 bits per heavy atom. The minimum Gasteiger partial charge on any atom is -0.459 e. The van der Waals surface area contributed by atoms with E-state index in [1.807, 2.05) is 0 Å². The number of urea groups is 1. The maximum atomic E-state index is 12.1. The largest absolute Gasteiger partial charge is 0.459 e. The fourth-order valence-corrected chi connectivity index (χ4v) is 2.36. The van der Waals surface area contributed by atoms with E-state index in [1.54, 1.807) is 17.0 Å². The monoisotopic (exact) mass is 307 g/mol. The maximum Gasteiger partial charge on any atom is 0.315 e. The van der Waals surface area contributed by atoms with Crippen LogP contribution in [0.15, 0.2) is 22.8 Å². The van der Waals surface area contributed by atoms with Crippen LogP contribution in [0.4, 0.5) is 4.79 Å². The molecule has 1 aliphatic rings. The van der Waals surface area contributed by atoms with Gasteiger partial charge >= 0.3 is 6.03 Å². The zero-order valence-corrected chi connectivity index (χ0v) is 13.5. The van der Waals surface area contributed by atoms with Gasteiger partial charge in [0.15, 0.2) is 5.76 Å². The second kappa shape index (κ2) is 6.85. The number of nitrogens with one attached hydrogen (secondary N) is 2. The number of hydrogen-bond acceptors (Lipinski definition) is 3. The summed E-state index contributed by atoms with van der Waals surface area (Å²) in [6.45, 7) is 8.12. The first-order valence-electron chi connectivity index (χ1n) is 7.72. The van der Waals surface area contributed by atoms with Gasteiger partial charge in [-0.05, 0) is 30.4 Å². The molecule has 6 nitrogen and oxygen atoms in total. The van der Waals surface area contributed by atoms with Crippen LogP contribution in [0, 0.1) is 5.41 Å². The Labute approximate surface area is 131 Å². The normalized spacial score (nSPS) is 16.4. The van der Waals surface area contributed by atoms with Crippen LogP contribution in [0.2, 0.25) is 0 Å². The molecule has 1 aromatic rings. The second-order valence-corrected chi connectivity index (χ2v) is 6.93. The van der Waals surface area contributed by atoms with Crippen molar-refractivity contribution in [3.05, 3.63) is 24.2 Å². The van der Waals surface area contributed by atoms with Crippen LogP contribution >= 0.6 is 0 Å². The molecule has 0 unspecified atom stereocenters. The van der Waals surface area contributed by atoms with Gasteiger partial charge in [-0.25, -0.2) is 4.79 Å². The summed E-state index contributed by atoms with van der Waals surface area (Å²) in [7, 11) is 0. The SMILES string of the molecule is CC(C)(C)CNC(=O)NC1CCN(C(=O)c2ccco2)CC1. The number of hydrogen-bond donors (Lipinski definition) is 2.